The Kier molecular flexibility index (Phi) is 5.58. The van der Waals surface area contributed by atoms with Gasteiger partial charge >= 0.3 is 0 Å². The summed E-state index contributed by atoms with van der Waals surface area (Å²) in [7, 11) is 0. The number of carbonyl (C=O) groups excluding carboxylic acids is 2. The van der Waals surface area contributed by atoms with Gasteiger partial charge in [0, 0.05) is 12.5 Å². The molecule has 7 heteroatoms. The monoisotopic (exact) mass is 371 g/mol. The first-order chi connectivity index (χ1) is 12.6. The van der Waals surface area contributed by atoms with Crippen LogP contribution < -0.4 is 5.43 Å². The van der Waals surface area contributed by atoms with Gasteiger partial charge in [-0.2, -0.15) is 0 Å². The van der Waals surface area contributed by atoms with Crippen LogP contribution in [-0.4, -0.2) is 39.3 Å². The predicted molar refractivity (Wildman–Crippen MR) is 102 cm³/mol. The van der Waals surface area contributed by atoms with Crippen molar-refractivity contribution in [2.75, 3.05) is 12.3 Å². The zero-order valence-electron chi connectivity index (χ0n) is 14.5. The standard InChI is InChI=1S/C19H21N3O3S/c1-2-22-16(23)13-26-18(22)21-20-17(24)19(25,14-9-5-3-6-10-14)15-11-7-4-8-12-15/h3-11,15,25H,2,12-13H2,1H3,(H,20,24)/b21-18-/t15-,19+/m0/s1. The van der Waals surface area contributed by atoms with Crippen molar-refractivity contribution in [1.29, 1.82) is 0 Å². The van der Waals surface area contributed by atoms with Crippen molar-refractivity contribution in [2.45, 2.75) is 18.9 Å². The van der Waals surface area contributed by atoms with E-state index in [9.17, 15) is 14.7 Å². The van der Waals surface area contributed by atoms with Crippen molar-refractivity contribution in [3.63, 3.8) is 0 Å². The lowest BCUT2D eigenvalue weighted by molar-refractivity contribution is -0.145. The van der Waals surface area contributed by atoms with Crippen molar-refractivity contribution < 1.29 is 14.7 Å². The Hall–Kier alpha value is -2.38. The van der Waals surface area contributed by atoms with Crippen molar-refractivity contribution in [3.05, 3.63) is 60.2 Å². The lowest BCUT2D eigenvalue weighted by atomic mass is 9.77. The molecule has 0 aromatic heterocycles. The highest BCUT2D eigenvalue weighted by molar-refractivity contribution is 8.15. The predicted octanol–water partition coefficient (Wildman–Crippen LogP) is 1.99. The molecule has 2 aliphatic rings. The number of rotatable bonds is 5. The maximum absolute atomic E-state index is 13.0. The normalized spacial score (nSPS) is 23.3. The van der Waals surface area contributed by atoms with Crippen LogP contribution in [0.15, 0.2) is 59.7 Å². The number of hydrogen-bond donors (Lipinski definition) is 2. The number of nitrogens with zero attached hydrogens (tertiary/aromatic N) is 2. The van der Waals surface area contributed by atoms with Crippen LogP contribution in [0.5, 0.6) is 0 Å². The third-order valence-corrected chi connectivity index (χ3v) is 5.46. The lowest BCUT2D eigenvalue weighted by Crippen LogP contribution is -2.48. The molecular weight excluding hydrogens is 350 g/mol. The van der Waals surface area contributed by atoms with Gasteiger partial charge in [0.2, 0.25) is 5.91 Å². The second-order valence-corrected chi connectivity index (χ2v) is 6.99. The number of hydrazone groups is 1. The summed E-state index contributed by atoms with van der Waals surface area (Å²) in [5, 5.41) is 15.9. The molecule has 1 saturated heterocycles. The minimum Gasteiger partial charge on any atom is -0.375 e. The summed E-state index contributed by atoms with van der Waals surface area (Å²) in [6.45, 7) is 2.33. The van der Waals surface area contributed by atoms with E-state index in [1.54, 1.807) is 24.3 Å². The van der Waals surface area contributed by atoms with Gasteiger partial charge in [-0.3, -0.25) is 14.5 Å². The topological polar surface area (TPSA) is 82.0 Å². The molecule has 0 radical (unpaired) electrons. The molecule has 2 atom stereocenters. The van der Waals surface area contributed by atoms with Crippen LogP contribution in [0.25, 0.3) is 0 Å². The van der Waals surface area contributed by atoms with E-state index in [-0.39, 0.29) is 5.91 Å². The van der Waals surface area contributed by atoms with Crippen molar-refractivity contribution in [2.24, 2.45) is 11.0 Å². The molecule has 1 aromatic rings. The highest BCUT2D eigenvalue weighted by Gasteiger charge is 2.44. The summed E-state index contributed by atoms with van der Waals surface area (Å²) in [5.74, 6) is -0.752. The number of aliphatic hydroxyl groups is 1. The van der Waals surface area contributed by atoms with Crippen LogP contribution in [0.2, 0.25) is 0 Å². The van der Waals surface area contributed by atoms with Crippen LogP contribution in [-0.2, 0) is 15.2 Å². The van der Waals surface area contributed by atoms with E-state index < -0.39 is 17.4 Å². The number of thioether (sulfide) groups is 1. The van der Waals surface area contributed by atoms with Crippen LogP contribution in [0, 0.1) is 5.92 Å². The zero-order chi connectivity index (χ0) is 18.6. The van der Waals surface area contributed by atoms with E-state index in [1.165, 1.54) is 16.7 Å². The number of hydrogen-bond acceptors (Lipinski definition) is 5. The second-order valence-electron chi connectivity index (χ2n) is 6.05. The van der Waals surface area contributed by atoms with Gasteiger partial charge in [0.1, 0.15) is 0 Å². The van der Waals surface area contributed by atoms with Gasteiger partial charge in [0.25, 0.3) is 5.91 Å². The number of allylic oxidation sites excluding steroid dienone is 3. The van der Waals surface area contributed by atoms with Gasteiger partial charge in [-0.15, -0.1) is 5.10 Å². The van der Waals surface area contributed by atoms with E-state index in [1.807, 2.05) is 37.3 Å². The van der Waals surface area contributed by atoms with Gasteiger partial charge < -0.3 is 5.11 Å². The Morgan fingerprint density at radius 2 is 2.15 bits per heavy atom. The summed E-state index contributed by atoms with van der Waals surface area (Å²) >= 11 is 1.27. The molecule has 1 aromatic carbocycles. The molecule has 1 fully saturated rings. The van der Waals surface area contributed by atoms with Crippen molar-refractivity contribution in [3.8, 4) is 0 Å². The summed E-state index contributed by atoms with van der Waals surface area (Å²) in [5.41, 5.74) is 1.22. The fraction of sp³-hybridized carbons (Fsp3) is 0.316. The fourth-order valence-electron chi connectivity index (χ4n) is 3.07. The first-order valence-electron chi connectivity index (χ1n) is 8.50. The lowest BCUT2D eigenvalue weighted by Gasteiger charge is -2.33. The SMILES string of the molecule is CCN1C(=O)CS/C1=N\NC(=O)[C@@](O)(c1ccccc1)[C@H]1C=CC=CC1. The van der Waals surface area contributed by atoms with E-state index in [4.69, 9.17) is 0 Å². The minimum absolute atomic E-state index is 0.0378. The molecule has 1 aliphatic carbocycles. The van der Waals surface area contributed by atoms with Gasteiger partial charge in [0.05, 0.1) is 5.75 Å². The molecule has 3 rings (SSSR count). The average Bonchev–Trinajstić information content (AvgIpc) is 3.06. The van der Waals surface area contributed by atoms with Gasteiger partial charge in [-0.25, -0.2) is 5.43 Å². The van der Waals surface area contributed by atoms with Crippen LogP contribution in [0.4, 0.5) is 0 Å². The van der Waals surface area contributed by atoms with Gasteiger partial charge in [0.15, 0.2) is 10.8 Å². The fourth-order valence-corrected chi connectivity index (χ4v) is 3.98. The van der Waals surface area contributed by atoms with Gasteiger partial charge in [-0.1, -0.05) is 66.4 Å². The Balaban J connectivity index is 1.87. The smallest absolute Gasteiger partial charge is 0.277 e. The summed E-state index contributed by atoms with van der Waals surface area (Å²) in [6.07, 6.45) is 8.00. The maximum Gasteiger partial charge on any atom is 0.277 e. The third-order valence-electron chi connectivity index (χ3n) is 4.50. The highest BCUT2D eigenvalue weighted by Crippen LogP contribution is 2.35. The molecule has 2 amide bonds. The average molecular weight is 371 g/mol. The molecule has 1 heterocycles. The molecule has 6 nitrogen and oxygen atoms in total. The largest absolute Gasteiger partial charge is 0.375 e. The molecular formula is C19H21N3O3S. The second kappa shape index (κ2) is 7.88. The molecule has 0 unspecified atom stereocenters. The maximum atomic E-state index is 13.0. The summed E-state index contributed by atoms with van der Waals surface area (Å²) in [4.78, 5) is 26.2. The van der Waals surface area contributed by atoms with Gasteiger partial charge in [-0.05, 0) is 18.9 Å². The first-order valence-corrected chi connectivity index (χ1v) is 9.48. The Bertz CT molecular complexity index is 775. The quantitative estimate of drug-likeness (QED) is 0.776. The third kappa shape index (κ3) is 3.45. The Morgan fingerprint density at radius 3 is 2.81 bits per heavy atom. The summed E-state index contributed by atoms with van der Waals surface area (Å²) in [6, 6.07) is 8.85. The van der Waals surface area contributed by atoms with Crippen molar-refractivity contribution >= 4 is 28.7 Å². The zero-order valence-corrected chi connectivity index (χ0v) is 15.3. The molecule has 1 aliphatic heterocycles. The molecule has 0 spiro atoms. The van der Waals surface area contributed by atoms with Crippen LogP contribution in [0.3, 0.4) is 0 Å². The Labute approximate surface area is 156 Å². The van der Waals surface area contributed by atoms with Crippen LogP contribution in [0.1, 0.15) is 18.9 Å². The Morgan fingerprint density at radius 1 is 1.38 bits per heavy atom. The molecule has 26 heavy (non-hydrogen) atoms. The molecule has 2 N–H and O–H groups in total. The van der Waals surface area contributed by atoms with E-state index in [0.29, 0.717) is 29.4 Å². The van der Waals surface area contributed by atoms with E-state index >= 15 is 0 Å². The van der Waals surface area contributed by atoms with E-state index in [2.05, 4.69) is 10.5 Å². The number of carbonyl (C=O) groups is 2. The number of amidine groups is 1. The number of nitrogens with one attached hydrogen (secondary N) is 1. The highest BCUT2D eigenvalue weighted by atomic mass is 32.2. The summed E-state index contributed by atoms with van der Waals surface area (Å²) < 4.78 is 0. The van der Waals surface area contributed by atoms with Crippen LogP contribution >= 0.6 is 11.8 Å². The molecule has 0 saturated carbocycles. The molecule has 136 valence electrons. The van der Waals surface area contributed by atoms with Crippen molar-refractivity contribution in [1.82, 2.24) is 10.3 Å². The van der Waals surface area contributed by atoms with E-state index in [0.717, 1.165) is 0 Å². The molecule has 0 bridgehead atoms. The number of amides is 2. The minimum atomic E-state index is -1.75. The number of benzene rings is 1. The first kappa shape index (κ1) is 18.4.